The van der Waals surface area contributed by atoms with Crippen LogP contribution in [0.4, 0.5) is 5.69 Å². The standard InChI is InChI=1S/C25H28N2O5S/c1-2-31-23-13-10-20(18-24(23)33(29,30)27-16-6-7-17-27)26-25(28)15-12-21-11-14-22(32-21)19-8-4-3-5-9-19/h3-5,8-11,13-14,18H,2,6-7,12,15-17H2,1H3,(H,26,28). The van der Waals surface area contributed by atoms with Crippen LogP contribution in [-0.2, 0) is 21.2 Å². The first-order chi connectivity index (χ1) is 16.0. The van der Waals surface area contributed by atoms with E-state index in [1.165, 1.54) is 10.4 Å². The molecule has 8 heteroatoms. The van der Waals surface area contributed by atoms with Gasteiger partial charge in [0.2, 0.25) is 15.9 Å². The Kier molecular flexibility index (Phi) is 7.15. The van der Waals surface area contributed by atoms with Crippen molar-refractivity contribution in [1.82, 2.24) is 4.31 Å². The van der Waals surface area contributed by atoms with Crippen molar-refractivity contribution in [3.63, 3.8) is 0 Å². The number of hydrogen-bond acceptors (Lipinski definition) is 5. The van der Waals surface area contributed by atoms with E-state index < -0.39 is 10.0 Å². The van der Waals surface area contributed by atoms with Gasteiger partial charge < -0.3 is 14.5 Å². The highest BCUT2D eigenvalue weighted by atomic mass is 32.2. The second-order valence-electron chi connectivity index (χ2n) is 7.89. The number of hydrogen-bond donors (Lipinski definition) is 1. The molecule has 0 aliphatic carbocycles. The molecule has 1 saturated heterocycles. The molecular weight excluding hydrogens is 440 g/mol. The molecule has 174 valence electrons. The fourth-order valence-corrected chi connectivity index (χ4v) is 5.53. The molecule has 4 rings (SSSR count). The minimum absolute atomic E-state index is 0.0857. The molecule has 3 aromatic rings. The molecule has 0 bridgehead atoms. The van der Waals surface area contributed by atoms with E-state index in [0.717, 1.165) is 24.2 Å². The molecule has 2 aromatic carbocycles. The molecule has 1 fully saturated rings. The Bertz CT molecular complexity index is 1200. The van der Waals surface area contributed by atoms with Gasteiger partial charge in [-0.15, -0.1) is 0 Å². The smallest absolute Gasteiger partial charge is 0.246 e. The number of rotatable bonds is 9. The van der Waals surface area contributed by atoms with Gasteiger partial charge >= 0.3 is 0 Å². The van der Waals surface area contributed by atoms with Crippen molar-refractivity contribution in [2.45, 2.75) is 37.5 Å². The lowest BCUT2D eigenvalue weighted by atomic mass is 10.2. The van der Waals surface area contributed by atoms with Crippen LogP contribution >= 0.6 is 0 Å². The predicted molar refractivity (Wildman–Crippen MR) is 127 cm³/mol. The van der Waals surface area contributed by atoms with Crippen molar-refractivity contribution in [1.29, 1.82) is 0 Å². The highest BCUT2D eigenvalue weighted by molar-refractivity contribution is 7.89. The minimum atomic E-state index is -3.69. The lowest BCUT2D eigenvalue weighted by Crippen LogP contribution is -2.28. The van der Waals surface area contributed by atoms with Crippen molar-refractivity contribution >= 4 is 21.6 Å². The molecule has 0 atom stereocenters. The summed E-state index contributed by atoms with van der Waals surface area (Å²) in [5.74, 6) is 1.55. The van der Waals surface area contributed by atoms with E-state index in [1.54, 1.807) is 19.1 Å². The van der Waals surface area contributed by atoms with Crippen molar-refractivity contribution in [2.75, 3.05) is 25.0 Å². The lowest BCUT2D eigenvalue weighted by Gasteiger charge is -2.19. The molecule has 1 aliphatic rings. The Hall–Kier alpha value is -3.10. The normalized spacial score (nSPS) is 14.3. The summed E-state index contributed by atoms with van der Waals surface area (Å²) < 4.78 is 39.1. The number of ether oxygens (including phenoxy) is 1. The van der Waals surface area contributed by atoms with Gasteiger partial charge in [0, 0.05) is 37.2 Å². The number of aryl methyl sites for hydroxylation is 1. The zero-order chi connectivity index (χ0) is 23.3. The third-order valence-electron chi connectivity index (χ3n) is 5.53. The van der Waals surface area contributed by atoms with Crippen LogP contribution in [-0.4, -0.2) is 38.3 Å². The van der Waals surface area contributed by atoms with Crippen LogP contribution < -0.4 is 10.1 Å². The predicted octanol–water partition coefficient (Wildman–Crippen LogP) is 4.70. The molecule has 7 nitrogen and oxygen atoms in total. The number of sulfonamides is 1. The van der Waals surface area contributed by atoms with Crippen LogP contribution in [0.15, 0.2) is 70.0 Å². The number of nitrogens with zero attached hydrogens (tertiary/aromatic N) is 1. The highest BCUT2D eigenvalue weighted by Crippen LogP contribution is 2.32. The average Bonchev–Trinajstić information content (AvgIpc) is 3.52. The number of benzene rings is 2. The maximum atomic E-state index is 13.1. The fourth-order valence-electron chi connectivity index (χ4n) is 3.86. The van der Waals surface area contributed by atoms with E-state index in [0.29, 0.717) is 43.3 Å². The van der Waals surface area contributed by atoms with Crippen LogP contribution in [0.25, 0.3) is 11.3 Å². The molecule has 0 spiro atoms. The molecule has 0 saturated carbocycles. The molecule has 33 heavy (non-hydrogen) atoms. The average molecular weight is 469 g/mol. The van der Waals surface area contributed by atoms with Crippen molar-refractivity contribution in [2.24, 2.45) is 0 Å². The number of furan rings is 1. The molecular formula is C25H28N2O5S. The van der Waals surface area contributed by atoms with Gasteiger partial charge in [-0.3, -0.25) is 4.79 Å². The van der Waals surface area contributed by atoms with Crippen molar-refractivity contribution in [3.8, 4) is 17.1 Å². The summed E-state index contributed by atoms with van der Waals surface area (Å²) in [7, 11) is -3.69. The van der Waals surface area contributed by atoms with Gasteiger partial charge in [0.25, 0.3) is 0 Å². The Labute approximate surface area is 194 Å². The first-order valence-electron chi connectivity index (χ1n) is 11.2. The Morgan fingerprint density at radius 2 is 1.82 bits per heavy atom. The van der Waals surface area contributed by atoms with E-state index in [4.69, 9.17) is 9.15 Å². The molecule has 1 amide bonds. The molecule has 0 unspecified atom stereocenters. The number of amides is 1. The summed E-state index contributed by atoms with van der Waals surface area (Å²) in [6, 6.07) is 18.3. The number of anilines is 1. The van der Waals surface area contributed by atoms with E-state index in [-0.39, 0.29) is 17.2 Å². The second kappa shape index (κ2) is 10.2. The molecule has 1 N–H and O–H groups in total. The Morgan fingerprint density at radius 1 is 1.06 bits per heavy atom. The Morgan fingerprint density at radius 3 is 2.55 bits per heavy atom. The highest BCUT2D eigenvalue weighted by Gasteiger charge is 2.30. The first-order valence-corrected chi connectivity index (χ1v) is 12.6. The number of nitrogens with one attached hydrogen (secondary N) is 1. The summed E-state index contributed by atoms with van der Waals surface area (Å²) in [4.78, 5) is 12.6. The first kappa shape index (κ1) is 23.1. The van der Waals surface area contributed by atoms with Crippen LogP contribution in [0.5, 0.6) is 5.75 Å². The van der Waals surface area contributed by atoms with E-state index >= 15 is 0 Å². The summed E-state index contributed by atoms with van der Waals surface area (Å²) in [5, 5.41) is 2.80. The topological polar surface area (TPSA) is 88.8 Å². The zero-order valence-electron chi connectivity index (χ0n) is 18.6. The fraction of sp³-hybridized carbons (Fsp3) is 0.320. The molecule has 1 aromatic heterocycles. The second-order valence-corrected chi connectivity index (χ2v) is 9.79. The van der Waals surface area contributed by atoms with Gasteiger partial charge in [0.05, 0.1) is 6.61 Å². The quantitative estimate of drug-likeness (QED) is 0.492. The third-order valence-corrected chi connectivity index (χ3v) is 7.45. The summed E-state index contributed by atoms with van der Waals surface area (Å²) in [6.45, 7) is 3.15. The van der Waals surface area contributed by atoms with Crippen LogP contribution in [0.1, 0.15) is 31.9 Å². The molecule has 2 heterocycles. The summed E-state index contributed by atoms with van der Waals surface area (Å²) >= 11 is 0. The van der Waals surface area contributed by atoms with Gasteiger partial charge in [-0.05, 0) is 50.1 Å². The Balaban J connectivity index is 1.43. The van der Waals surface area contributed by atoms with Crippen molar-refractivity contribution < 1.29 is 22.4 Å². The van der Waals surface area contributed by atoms with E-state index in [9.17, 15) is 13.2 Å². The van der Waals surface area contributed by atoms with Crippen LogP contribution in [0.3, 0.4) is 0 Å². The lowest BCUT2D eigenvalue weighted by molar-refractivity contribution is -0.116. The summed E-state index contributed by atoms with van der Waals surface area (Å²) in [6.07, 6.45) is 2.34. The monoisotopic (exact) mass is 468 g/mol. The van der Waals surface area contributed by atoms with Crippen LogP contribution in [0, 0.1) is 0 Å². The maximum Gasteiger partial charge on any atom is 0.246 e. The zero-order valence-corrected chi connectivity index (χ0v) is 19.4. The molecule has 0 radical (unpaired) electrons. The van der Waals surface area contributed by atoms with Gasteiger partial charge in [0.1, 0.15) is 22.2 Å². The van der Waals surface area contributed by atoms with Gasteiger partial charge in [-0.1, -0.05) is 30.3 Å². The third kappa shape index (κ3) is 5.46. The van der Waals surface area contributed by atoms with Crippen molar-refractivity contribution in [3.05, 3.63) is 66.4 Å². The number of carbonyl (C=O) groups is 1. The van der Waals surface area contributed by atoms with Gasteiger partial charge in [-0.25, -0.2) is 8.42 Å². The van der Waals surface area contributed by atoms with Crippen LogP contribution in [0.2, 0.25) is 0 Å². The number of carbonyl (C=O) groups excluding carboxylic acids is 1. The van der Waals surface area contributed by atoms with Gasteiger partial charge in [0.15, 0.2) is 0 Å². The molecule has 1 aliphatic heterocycles. The van der Waals surface area contributed by atoms with E-state index in [2.05, 4.69) is 5.32 Å². The van der Waals surface area contributed by atoms with E-state index in [1.807, 2.05) is 42.5 Å². The SMILES string of the molecule is CCOc1ccc(NC(=O)CCc2ccc(-c3ccccc3)o2)cc1S(=O)(=O)N1CCCC1. The maximum absolute atomic E-state index is 13.1. The summed E-state index contributed by atoms with van der Waals surface area (Å²) in [5.41, 5.74) is 1.40. The minimum Gasteiger partial charge on any atom is -0.492 e. The largest absolute Gasteiger partial charge is 0.492 e. The van der Waals surface area contributed by atoms with Gasteiger partial charge in [-0.2, -0.15) is 4.31 Å².